The minimum absolute atomic E-state index is 0.702. The van der Waals surface area contributed by atoms with Crippen LogP contribution in [0.5, 0.6) is 0 Å². The van der Waals surface area contributed by atoms with Crippen LogP contribution >= 0.6 is 0 Å². The molecule has 0 spiro atoms. The van der Waals surface area contributed by atoms with Gasteiger partial charge in [0.15, 0.2) is 11.2 Å². The summed E-state index contributed by atoms with van der Waals surface area (Å²) < 4.78 is 0. The number of aryl methyl sites for hydroxylation is 2. The van der Waals surface area contributed by atoms with Crippen LogP contribution in [0.4, 0.5) is 0 Å². The highest BCUT2D eigenvalue weighted by molar-refractivity contribution is 5.52. The summed E-state index contributed by atoms with van der Waals surface area (Å²) >= 11 is 0. The van der Waals surface area contributed by atoms with Crippen molar-refractivity contribution in [2.24, 2.45) is 0 Å². The zero-order valence-electron chi connectivity index (χ0n) is 22.6. The predicted octanol–water partition coefficient (Wildman–Crippen LogP) is 6.88. The molecule has 0 amide bonds. The third-order valence-corrected chi connectivity index (χ3v) is 6.96. The van der Waals surface area contributed by atoms with Crippen LogP contribution in [0.25, 0.3) is 0 Å². The van der Waals surface area contributed by atoms with Gasteiger partial charge < -0.3 is 10.2 Å². The fraction of sp³-hybridized carbons (Fsp3) is 0.105. The van der Waals surface area contributed by atoms with E-state index in [1.165, 1.54) is 0 Å². The molecule has 2 heteroatoms. The zero-order valence-corrected chi connectivity index (χ0v) is 22.6. The molecule has 5 aromatic carbocycles. The summed E-state index contributed by atoms with van der Waals surface area (Å²) in [5, 5.41) is 23.6. The molecule has 0 bridgehead atoms. The molecule has 0 radical (unpaired) electrons. The van der Waals surface area contributed by atoms with Gasteiger partial charge >= 0.3 is 0 Å². The predicted molar refractivity (Wildman–Crippen MR) is 161 cm³/mol. The molecular weight excluding hydrogens is 488 g/mol. The van der Waals surface area contributed by atoms with E-state index in [-0.39, 0.29) is 0 Å². The van der Waals surface area contributed by atoms with Gasteiger partial charge in [0.1, 0.15) is 0 Å². The monoisotopic (exact) mass is 518 g/mol. The van der Waals surface area contributed by atoms with Crippen LogP contribution in [0.2, 0.25) is 0 Å². The summed E-state index contributed by atoms with van der Waals surface area (Å²) in [7, 11) is 0. The standard InChI is InChI=1S/C38H30O2/c1-29-16-20-35(21-17-29)37(39,33-12-5-3-6-13-33)26-24-31-10-9-11-32(28-31)25-27-38(40,34-14-7-4-8-15-34)36-22-18-30(2)19-23-36/h3-23,28,39-40H,1-2H3. The molecule has 0 aliphatic carbocycles. The van der Waals surface area contributed by atoms with Crippen molar-refractivity contribution >= 4 is 0 Å². The Morgan fingerprint density at radius 3 is 1.15 bits per heavy atom. The van der Waals surface area contributed by atoms with E-state index in [1.807, 2.05) is 147 Å². The topological polar surface area (TPSA) is 40.5 Å². The van der Waals surface area contributed by atoms with E-state index < -0.39 is 11.2 Å². The molecule has 5 aromatic rings. The molecule has 40 heavy (non-hydrogen) atoms. The van der Waals surface area contributed by atoms with E-state index in [0.29, 0.717) is 33.4 Å². The first kappa shape index (κ1) is 26.7. The van der Waals surface area contributed by atoms with Crippen molar-refractivity contribution < 1.29 is 10.2 Å². The van der Waals surface area contributed by atoms with Gasteiger partial charge in [-0.1, -0.05) is 150 Å². The molecule has 2 unspecified atom stereocenters. The smallest absolute Gasteiger partial charge is 0.177 e. The van der Waals surface area contributed by atoms with Crippen molar-refractivity contribution in [1.82, 2.24) is 0 Å². The third kappa shape index (κ3) is 5.75. The average Bonchev–Trinajstić information content (AvgIpc) is 3.00. The van der Waals surface area contributed by atoms with Crippen LogP contribution in [-0.2, 0) is 11.2 Å². The minimum atomic E-state index is -1.48. The highest BCUT2D eigenvalue weighted by Gasteiger charge is 2.30. The van der Waals surface area contributed by atoms with Gasteiger partial charge in [0.05, 0.1) is 0 Å². The molecule has 5 rings (SSSR count). The number of benzene rings is 5. The van der Waals surface area contributed by atoms with E-state index in [9.17, 15) is 10.2 Å². The van der Waals surface area contributed by atoms with Crippen LogP contribution in [0.15, 0.2) is 133 Å². The van der Waals surface area contributed by atoms with E-state index in [1.54, 1.807) is 0 Å². The summed E-state index contributed by atoms with van der Waals surface area (Å²) in [4.78, 5) is 0. The zero-order chi connectivity index (χ0) is 28.0. The van der Waals surface area contributed by atoms with Crippen molar-refractivity contribution in [3.8, 4) is 23.7 Å². The first-order valence-electron chi connectivity index (χ1n) is 13.2. The lowest BCUT2D eigenvalue weighted by molar-refractivity contribution is 0.145. The second kappa shape index (κ2) is 11.5. The molecule has 0 heterocycles. The Morgan fingerprint density at radius 2 is 0.775 bits per heavy atom. The first-order valence-corrected chi connectivity index (χ1v) is 13.2. The Kier molecular flexibility index (Phi) is 7.68. The fourth-order valence-corrected chi connectivity index (χ4v) is 4.57. The SMILES string of the molecule is Cc1ccc(C(O)(C#Cc2cccc(C#CC(O)(c3ccccc3)c3ccc(C)cc3)c2)c2ccccc2)cc1. The lowest BCUT2D eigenvalue weighted by Gasteiger charge is -2.24. The molecule has 0 saturated carbocycles. The number of hydrogen-bond donors (Lipinski definition) is 2. The van der Waals surface area contributed by atoms with Gasteiger partial charge in [-0.15, -0.1) is 0 Å². The van der Waals surface area contributed by atoms with Gasteiger partial charge in [0.2, 0.25) is 0 Å². The number of aliphatic hydroxyl groups is 2. The molecule has 0 aliphatic rings. The molecule has 0 saturated heterocycles. The van der Waals surface area contributed by atoms with Gasteiger partial charge in [-0.2, -0.15) is 0 Å². The number of rotatable bonds is 4. The molecule has 2 N–H and O–H groups in total. The van der Waals surface area contributed by atoms with Crippen molar-refractivity contribution in [1.29, 1.82) is 0 Å². The van der Waals surface area contributed by atoms with Crippen molar-refractivity contribution in [3.05, 3.63) is 178 Å². The highest BCUT2D eigenvalue weighted by Crippen LogP contribution is 2.31. The fourth-order valence-electron chi connectivity index (χ4n) is 4.57. The van der Waals surface area contributed by atoms with Crippen LogP contribution < -0.4 is 0 Å². The summed E-state index contributed by atoms with van der Waals surface area (Å²) in [6.45, 7) is 4.03. The van der Waals surface area contributed by atoms with E-state index >= 15 is 0 Å². The lowest BCUT2D eigenvalue weighted by atomic mass is 9.86. The Labute approximate surface area is 236 Å². The van der Waals surface area contributed by atoms with Crippen molar-refractivity contribution in [2.45, 2.75) is 25.0 Å². The maximum Gasteiger partial charge on any atom is 0.177 e. The van der Waals surface area contributed by atoms with Crippen molar-refractivity contribution in [3.63, 3.8) is 0 Å². The van der Waals surface area contributed by atoms with Gasteiger partial charge in [-0.05, 0) is 32.0 Å². The van der Waals surface area contributed by atoms with Gasteiger partial charge in [-0.3, -0.25) is 0 Å². The Bertz CT molecular complexity index is 1590. The minimum Gasteiger partial charge on any atom is -0.369 e. The van der Waals surface area contributed by atoms with Gasteiger partial charge in [-0.25, -0.2) is 0 Å². The lowest BCUT2D eigenvalue weighted by Crippen LogP contribution is -2.25. The van der Waals surface area contributed by atoms with Gasteiger partial charge in [0.25, 0.3) is 0 Å². The molecule has 2 atom stereocenters. The molecule has 0 aromatic heterocycles. The molecular formula is C38H30O2. The van der Waals surface area contributed by atoms with E-state index in [0.717, 1.165) is 11.1 Å². The van der Waals surface area contributed by atoms with Crippen molar-refractivity contribution in [2.75, 3.05) is 0 Å². The van der Waals surface area contributed by atoms with Crippen LogP contribution in [0, 0.1) is 37.5 Å². The highest BCUT2D eigenvalue weighted by atomic mass is 16.3. The van der Waals surface area contributed by atoms with Crippen LogP contribution in [0.1, 0.15) is 44.5 Å². The van der Waals surface area contributed by atoms with E-state index in [4.69, 9.17) is 0 Å². The molecule has 0 aliphatic heterocycles. The Hall–Kier alpha value is -4.86. The quantitative estimate of drug-likeness (QED) is 0.255. The average molecular weight is 519 g/mol. The Balaban J connectivity index is 1.53. The second-order valence-electron chi connectivity index (χ2n) is 9.97. The summed E-state index contributed by atoms with van der Waals surface area (Å²) in [5.41, 5.74) is 3.52. The summed E-state index contributed by atoms with van der Waals surface area (Å²) in [6.07, 6.45) is 0. The molecule has 194 valence electrons. The molecule has 2 nitrogen and oxygen atoms in total. The van der Waals surface area contributed by atoms with Crippen LogP contribution in [0.3, 0.4) is 0 Å². The maximum absolute atomic E-state index is 11.8. The normalized spacial score (nSPS) is 13.5. The van der Waals surface area contributed by atoms with Crippen LogP contribution in [-0.4, -0.2) is 10.2 Å². The molecule has 0 fully saturated rings. The summed E-state index contributed by atoms with van der Waals surface area (Å²) in [5.74, 6) is 12.6. The number of hydrogen-bond acceptors (Lipinski definition) is 2. The third-order valence-electron chi connectivity index (χ3n) is 6.96. The largest absolute Gasteiger partial charge is 0.369 e. The van der Waals surface area contributed by atoms with E-state index in [2.05, 4.69) is 23.7 Å². The Morgan fingerprint density at radius 1 is 0.425 bits per heavy atom. The second-order valence-corrected chi connectivity index (χ2v) is 9.97. The van der Waals surface area contributed by atoms with Gasteiger partial charge in [0, 0.05) is 33.4 Å². The summed E-state index contributed by atoms with van der Waals surface area (Å²) in [6, 6.07) is 42.0. The maximum atomic E-state index is 11.8. The first-order chi connectivity index (χ1) is 19.4.